The highest BCUT2D eigenvalue weighted by Crippen LogP contribution is 2.25. The maximum Gasteiger partial charge on any atom is 0.0750 e. The molecule has 1 aromatic heterocycles. The minimum Gasteiger partial charge on any atom is -0.271 e. The third-order valence-corrected chi connectivity index (χ3v) is 4.45. The van der Waals surface area contributed by atoms with Gasteiger partial charge in [0.25, 0.3) is 0 Å². The molecule has 0 fully saturated rings. The van der Waals surface area contributed by atoms with Crippen LogP contribution in [0.15, 0.2) is 36.5 Å². The fourth-order valence-corrected chi connectivity index (χ4v) is 3.18. The van der Waals surface area contributed by atoms with Gasteiger partial charge in [-0.05, 0) is 23.3 Å². The van der Waals surface area contributed by atoms with Crippen LogP contribution in [-0.4, -0.2) is 16.5 Å². The number of nitrogens with one attached hydrogen (secondary N) is 1. The summed E-state index contributed by atoms with van der Waals surface area (Å²) >= 11 is 1.93. The second-order valence-electron chi connectivity index (χ2n) is 5.07. The van der Waals surface area contributed by atoms with Gasteiger partial charge in [-0.25, -0.2) is 0 Å². The molecule has 0 aliphatic heterocycles. The molecule has 2 aromatic rings. The molecule has 19 heavy (non-hydrogen) atoms. The van der Waals surface area contributed by atoms with E-state index in [1.807, 2.05) is 24.0 Å². The van der Waals surface area contributed by atoms with Gasteiger partial charge in [-0.2, -0.15) is 11.8 Å². The summed E-state index contributed by atoms with van der Waals surface area (Å²) in [6, 6.07) is 10.4. The topological polar surface area (TPSA) is 50.9 Å². The average molecular weight is 275 g/mol. The minimum atomic E-state index is 0.141. The van der Waals surface area contributed by atoms with E-state index < -0.39 is 0 Å². The molecule has 0 saturated heterocycles. The van der Waals surface area contributed by atoms with Crippen molar-refractivity contribution in [1.82, 2.24) is 10.4 Å². The van der Waals surface area contributed by atoms with Crippen molar-refractivity contribution in [2.45, 2.75) is 19.9 Å². The Morgan fingerprint density at radius 3 is 2.74 bits per heavy atom. The van der Waals surface area contributed by atoms with Crippen LogP contribution in [0.3, 0.4) is 0 Å². The maximum absolute atomic E-state index is 5.72. The first-order valence-corrected chi connectivity index (χ1v) is 7.75. The molecule has 0 spiro atoms. The molecule has 102 valence electrons. The van der Waals surface area contributed by atoms with Crippen molar-refractivity contribution in [2.24, 2.45) is 11.8 Å². The Morgan fingerprint density at radius 1 is 1.21 bits per heavy atom. The molecule has 1 atom stereocenters. The molecule has 1 unspecified atom stereocenters. The van der Waals surface area contributed by atoms with Gasteiger partial charge in [0.2, 0.25) is 0 Å². The van der Waals surface area contributed by atoms with E-state index in [9.17, 15) is 0 Å². The van der Waals surface area contributed by atoms with Crippen molar-refractivity contribution in [3.05, 3.63) is 42.1 Å². The Balaban J connectivity index is 2.20. The van der Waals surface area contributed by atoms with Crippen LogP contribution in [-0.2, 0) is 0 Å². The van der Waals surface area contributed by atoms with Crippen LogP contribution >= 0.6 is 11.8 Å². The lowest BCUT2D eigenvalue weighted by atomic mass is 10.0. The molecule has 0 aliphatic rings. The third-order valence-electron chi connectivity index (χ3n) is 2.98. The largest absolute Gasteiger partial charge is 0.271 e. The Labute approximate surface area is 119 Å². The maximum atomic E-state index is 5.72. The summed E-state index contributed by atoms with van der Waals surface area (Å²) < 4.78 is 0. The predicted octanol–water partition coefficient (Wildman–Crippen LogP) is 3.13. The van der Waals surface area contributed by atoms with Crippen molar-refractivity contribution in [3.8, 4) is 0 Å². The van der Waals surface area contributed by atoms with Crippen LogP contribution in [0.5, 0.6) is 0 Å². The van der Waals surface area contributed by atoms with Crippen molar-refractivity contribution >= 4 is 22.7 Å². The first-order chi connectivity index (χ1) is 9.22. The summed E-state index contributed by atoms with van der Waals surface area (Å²) in [6.07, 6.45) is 1.83. The first-order valence-electron chi connectivity index (χ1n) is 6.60. The van der Waals surface area contributed by atoms with Gasteiger partial charge in [-0.3, -0.25) is 16.3 Å². The molecule has 0 bridgehead atoms. The summed E-state index contributed by atoms with van der Waals surface area (Å²) in [4.78, 5) is 4.49. The number of para-hydroxylation sites is 1. The van der Waals surface area contributed by atoms with Crippen LogP contribution in [0.25, 0.3) is 10.9 Å². The molecular weight excluding hydrogens is 254 g/mol. The van der Waals surface area contributed by atoms with E-state index in [1.165, 1.54) is 5.56 Å². The molecule has 0 radical (unpaired) electrons. The number of thioether (sulfide) groups is 1. The molecule has 0 saturated carbocycles. The zero-order valence-electron chi connectivity index (χ0n) is 11.5. The number of rotatable bonds is 6. The van der Waals surface area contributed by atoms with Gasteiger partial charge in [0.05, 0.1) is 11.6 Å². The number of benzene rings is 1. The van der Waals surface area contributed by atoms with Gasteiger partial charge >= 0.3 is 0 Å². The summed E-state index contributed by atoms with van der Waals surface area (Å²) in [5.74, 6) is 8.54. The Morgan fingerprint density at radius 2 is 2.00 bits per heavy atom. The van der Waals surface area contributed by atoms with Crippen molar-refractivity contribution < 1.29 is 0 Å². The summed E-state index contributed by atoms with van der Waals surface area (Å²) in [7, 11) is 0. The summed E-state index contributed by atoms with van der Waals surface area (Å²) in [6.45, 7) is 4.47. The lowest BCUT2D eigenvalue weighted by Crippen LogP contribution is -2.30. The van der Waals surface area contributed by atoms with E-state index in [2.05, 4.69) is 48.5 Å². The molecule has 0 aliphatic carbocycles. The number of hydrogen-bond donors (Lipinski definition) is 2. The highest BCUT2D eigenvalue weighted by Gasteiger charge is 2.13. The van der Waals surface area contributed by atoms with Crippen molar-refractivity contribution in [2.75, 3.05) is 11.5 Å². The monoisotopic (exact) mass is 275 g/mol. The molecule has 3 nitrogen and oxygen atoms in total. The summed E-state index contributed by atoms with van der Waals surface area (Å²) in [5.41, 5.74) is 5.14. The van der Waals surface area contributed by atoms with E-state index in [-0.39, 0.29) is 6.04 Å². The Kier molecular flexibility index (Phi) is 5.19. The van der Waals surface area contributed by atoms with E-state index in [4.69, 9.17) is 5.84 Å². The molecule has 4 heteroatoms. The predicted molar refractivity (Wildman–Crippen MR) is 84.0 cm³/mol. The fraction of sp³-hybridized carbons (Fsp3) is 0.400. The number of nitrogens with zero attached hydrogens (tertiary/aromatic N) is 1. The van der Waals surface area contributed by atoms with E-state index >= 15 is 0 Å². The average Bonchev–Trinajstić information content (AvgIpc) is 2.43. The lowest BCUT2D eigenvalue weighted by Gasteiger charge is -2.18. The molecule has 1 aromatic carbocycles. The SMILES string of the molecule is CC(C)CSCC(NN)c1cccc2cccnc12. The number of hydrazine groups is 1. The quantitative estimate of drug-likeness (QED) is 0.628. The Hall–Kier alpha value is -1.10. The zero-order valence-corrected chi connectivity index (χ0v) is 12.3. The number of fused-ring (bicyclic) bond motifs is 1. The first kappa shape index (κ1) is 14.3. The van der Waals surface area contributed by atoms with Crippen LogP contribution in [0.2, 0.25) is 0 Å². The number of hydrogen-bond acceptors (Lipinski definition) is 4. The highest BCUT2D eigenvalue weighted by atomic mass is 32.2. The van der Waals surface area contributed by atoms with Gasteiger partial charge in [-0.15, -0.1) is 0 Å². The molecular formula is C15H21N3S. The third kappa shape index (κ3) is 3.69. The summed E-state index contributed by atoms with van der Waals surface area (Å²) in [5, 5.41) is 1.16. The fourth-order valence-electron chi connectivity index (χ4n) is 2.06. The van der Waals surface area contributed by atoms with Gasteiger partial charge in [-0.1, -0.05) is 38.1 Å². The van der Waals surface area contributed by atoms with Crippen LogP contribution < -0.4 is 11.3 Å². The highest BCUT2D eigenvalue weighted by molar-refractivity contribution is 7.99. The van der Waals surface area contributed by atoms with E-state index in [0.29, 0.717) is 5.92 Å². The second-order valence-corrected chi connectivity index (χ2v) is 6.15. The van der Waals surface area contributed by atoms with Gasteiger partial charge < -0.3 is 0 Å². The molecule has 1 heterocycles. The van der Waals surface area contributed by atoms with Crippen LogP contribution in [0.4, 0.5) is 0 Å². The lowest BCUT2D eigenvalue weighted by molar-refractivity contribution is 0.612. The zero-order chi connectivity index (χ0) is 13.7. The molecule has 0 amide bonds. The second kappa shape index (κ2) is 6.89. The van der Waals surface area contributed by atoms with Crippen LogP contribution in [0.1, 0.15) is 25.5 Å². The van der Waals surface area contributed by atoms with Gasteiger partial charge in [0.1, 0.15) is 0 Å². The minimum absolute atomic E-state index is 0.141. The Bertz CT molecular complexity index is 522. The van der Waals surface area contributed by atoms with Crippen LogP contribution in [0, 0.1) is 5.92 Å². The normalized spacial score (nSPS) is 13.1. The smallest absolute Gasteiger partial charge is 0.0750 e. The number of pyridine rings is 1. The van der Waals surface area contributed by atoms with Gasteiger partial charge in [0.15, 0.2) is 0 Å². The molecule has 3 N–H and O–H groups in total. The molecule has 2 rings (SSSR count). The van der Waals surface area contributed by atoms with E-state index in [1.54, 1.807) is 0 Å². The number of aromatic nitrogens is 1. The van der Waals surface area contributed by atoms with Gasteiger partial charge in [0, 0.05) is 17.3 Å². The van der Waals surface area contributed by atoms with Crippen molar-refractivity contribution in [1.29, 1.82) is 0 Å². The standard InChI is InChI=1S/C15H21N3S/c1-11(2)9-19-10-14(18-16)13-7-3-5-12-6-4-8-17-15(12)13/h3-8,11,14,18H,9-10,16H2,1-2H3. The van der Waals surface area contributed by atoms with E-state index in [0.717, 1.165) is 22.4 Å². The number of nitrogens with two attached hydrogens (primary N) is 1. The van der Waals surface area contributed by atoms with Crippen molar-refractivity contribution in [3.63, 3.8) is 0 Å².